The summed E-state index contributed by atoms with van der Waals surface area (Å²) in [6.07, 6.45) is -24.2. The molecule has 3 aromatic carbocycles. The molecule has 66 heavy (non-hydrogen) atoms. The van der Waals surface area contributed by atoms with Gasteiger partial charge in [-0.25, -0.2) is 4.79 Å². The third-order valence-electron chi connectivity index (χ3n) is 11.4. The van der Waals surface area contributed by atoms with Crippen molar-refractivity contribution >= 4 is 23.0 Å². The summed E-state index contributed by atoms with van der Waals surface area (Å²) in [6.45, 7) is -2.31. The van der Waals surface area contributed by atoms with Crippen LogP contribution < -0.4 is 14.9 Å². The molecule has 3 aliphatic rings. The number of phenolic OH excluding ortho intramolecular Hbond substituents is 3. The Bertz CT molecular complexity index is 2420. The normalized spacial score (nSPS) is 32.6. The lowest BCUT2D eigenvalue weighted by molar-refractivity contribution is -0.342. The van der Waals surface area contributed by atoms with Crippen molar-refractivity contribution in [2.24, 2.45) is 0 Å². The van der Waals surface area contributed by atoms with Crippen molar-refractivity contribution < 1.29 is 109 Å². The van der Waals surface area contributed by atoms with Crippen molar-refractivity contribution in [3.8, 4) is 40.1 Å². The summed E-state index contributed by atoms with van der Waals surface area (Å²) in [5.74, 6) is -2.69. The number of benzene rings is 3. The van der Waals surface area contributed by atoms with Crippen LogP contribution >= 0.6 is 0 Å². The molecule has 23 nitrogen and oxygen atoms in total. The number of methoxy groups -OCH3 is 1. The van der Waals surface area contributed by atoms with E-state index in [1.165, 1.54) is 55.7 Å². The number of hydrogen-bond donors (Lipinski definition) is 13. The zero-order chi connectivity index (χ0) is 47.7. The smallest absolute Gasteiger partial charge is 0.330 e. The minimum absolute atomic E-state index is 0.0779. The predicted octanol–water partition coefficient (Wildman–Crippen LogP) is -2.63. The first-order valence-electron chi connectivity index (χ1n) is 20.3. The van der Waals surface area contributed by atoms with Crippen LogP contribution in [0.2, 0.25) is 0 Å². The van der Waals surface area contributed by atoms with Gasteiger partial charge in [0, 0.05) is 23.8 Å². The van der Waals surface area contributed by atoms with E-state index in [0.29, 0.717) is 5.56 Å². The lowest BCUT2D eigenvalue weighted by Gasteiger charge is -2.46. The fraction of sp³-hybridized carbons (Fsp3) is 0.442. The number of aliphatic hydroxyl groups excluding tert-OH is 10. The number of aliphatic hydroxyl groups is 10. The molecule has 0 aliphatic carbocycles. The number of carbonyl (C=O) groups is 1. The molecule has 0 spiro atoms. The molecule has 7 rings (SSSR count). The van der Waals surface area contributed by atoms with Gasteiger partial charge in [0.2, 0.25) is 6.29 Å². The Balaban J connectivity index is 1.11. The van der Waals surface area contributed by atoms with Crippen LogP contribution in [0.3, 0.4) is 0 Å². The second-order valence-corrected chi connectivity index (χ2v) is 15.6. The van der Waals surface area contributed by atoms with Gasteiger partial charge in [-0.15, -0.1) is 0 Å². The Labute approximate surface area is 372 Å². The van der Waals surface area contributed by atoms with Crippen molar-refractivity contribution in [2.75, 3.05) is 26.9 Å². The van der Waals surface area contributed by atoms with Crippen molar-refractivity contribution in [3.05, 3.63) is 82.0 Å². The number of carbonyl (C=O) groups excluding carboxylic acids is 1. The van der Waals surface area contributed by atoms with E-state index in [1.807, 2.05) is 0 Å². The third-order valence-corrected chi connectivity index (χ3v) is 11.4. The van der Waals surface area contributed by atoms with Crippen LogP contribution in [0.1, 0.15) is 17.2 Å². The van der Waals surface area contributed by atoms with Gasteiger partial charge in [-0.1, -0.05) is 6.07 Å². The Hall–Kier alpha value is -5.48. The molecular formula is C43H48O23. The molecule has 3 saturated heterocycles. The van der Waals surface area contributed by atoms with Crippen LogP contribution in [-0.2, 0) is 28.5 Å². The molecule has 0 radical (unpaired) electrons. The van der Waals surface area contributed by atoms with Gasteiger partial charge in [0.1, 0.15) is 120 Å². The summed E-state index contributed by atoms with van der Waals surface area (Å²) < 4.78 is 44.4. The van der Waals surface area contributed by atoms with Gasteiger partial charge in [0.15, 0.2) is 23.2 Å². The van der Waals surface area contributed by atoms with E-state index in [9.17, 15) is 76.0 Å². The standard InChI is InChI=1S/C43H48O23/c1-59-23-10-16(2-8-19(23)46)3-9-28(49)60-15-27-33(52)36(55)39(58)43(65-27)66-41-37(56)32(51)25(13-44)63-40(41)30-21(48)12-24-29(34(30)53)20(47)11-22(62-24)17-4-6-18(7-5-17)61-42-38(57)35(54)31(50)26(14-45)64-42/h2-12,25-27,31-33,35-46,48,50-58H,13-15H2,1H3/b9-3+. The molecule has 3 aliphatic heterocycles. The number of esters is 1. The number of rotatable bonds is 13. The molecule has 15 unspecified atom stereocenters. The minimum atomic E-state index is -2.07. The highest BCUT2D eigenvalue weighted by Gasteiger charge is 2.52. The van der Waals surface area contributed by atoms with E-state index >= 15 is 0 Å². The van der Waals surface area contributed by atoms with Crippen LogP contribution in [-0.4, -0.2) is 185 Å². The largest absolute Gasteiger partial charge is 0.507 e. The second-order valence-electron chi connectivity index (χ2n) is 15.6. The second kappa shape index (κ2) is 20.2. The van der Waals surface area contributed by atoms with Crippen molar-refractivity contribution in [3.63, 3.8) is 0 Å². The number of fused-ring (bicyclic) bond motifs is 1. The van der Waals surface area contributed by atoms with Gasteiger partial charge < -0.3 is 104 Å². The van der Waals surface area contributed by atoms with E-state index in [2.05, 4.69) is 0 Å². The fourth-order valence-electron chi connectivity index (χ4n) is 7.69. The Morgan fingerprint density at radius 2 is 1.32 bits per heavy atom. The Morgan fingerprint density at radius 1 is 0.697 bits per heavy atom. The molecular weight excluding hydrogens is 884 g/mol. The maximum absolute atomic E-state index is 13.7. The number of phenols is 3. The summed E-state index contributed by atoms with van der Waals surface area (Å²) >= 11 is 0. The van der Waals surface area contributed by atoms with Crippen LogP contribution in [0.4, 0.5) is 0 Å². The van der Waals surface area contributed by atoms with Crippen LogP contribution in [0.15, 0.2) is 69.9 Å². The van der Waals surface area contributed by atoms with E-state index in [-0.39, 0.29) is 34.2 Å². The van der Waals surface area contributed by atoms with Crippen molar-refractivity contribution in [2.45, 2.75) is 91.9 Å². The first-order chi connectivity index (χ1) is 31.4. The van der Waals surface area contributed by atoms with E-state index < -0.39 is 146 Å². The van der Waals surface area contributed by atoms with Gasteiger partial charge >= 0.3 is 5.97 Å². The zero-order valence-corrected chi connectivity index (χ0v) is 34.5. The van der Waals surface area contributed by atoms with E-state index in [1.54, 1.807) is 0 Å². The summed E-state index contributed by atoms with van der Waals surface area (Å²) in [7, 11) is 1.34. The summed E-state index contributed by atoms with van der Waals surface area (Å²) in [6, 6.07) is 11.8. The lowest BCUT2D eigenvalue weighted by atomic mass is 9.89. The number of hydrogen-bond acceptors (Lipinski definition) is 23. The van der Waals surface area contributed by atoms with Gasteiger partial charge in [0.05, 0.1) is 25.9 Å². The van der Waals surface area contributed by atoms with Crippen LogP contribution in [0.25, 0.3) is 28.4 Å². The lowest BCUT2D eigenvalue weighted by Crippen LogP contribution is -2.63. The fourth-order valence-corrected chi connectivity index (χ4v) is 7.69. The molecule has 0 saturated carbocycles. The van der Waals surface area contributed by atoms with Gasteiger partial charge in [-0.3, -0.25) is 4.79 Å². The quantitative estimate of drug-likeness (QED) is 0.0482. The highest BCUT2D eigenvalue weighted by atomic mass is 16.7. The first kappa shape index (κ1) is 48.5. The minimum Gasteiger partial charge on any atom is -0.507 e. The average molecular weight is 933 g/mol. The zero-order valence-electron chi connectivity index (χ0n) is 34.5. The molecule has 4 aromatic rings. The molecule has 23 heteroatoms. The molecule has 13 N–H and O–H groups in total. The highest BCUT2D eigenvalue weighted by Crippen LogP contribution is 2.46. The average Bonchev–Trinajstić information content (AvgIpc) is 3.30. The molecule has 15 atom stereocenters. The first-order valence-corrected chi connectivity index (χ1v) is 20.3. The van der Waals surface area contributed by atoms with Gasteiger partial charge in [-0.05, 0) is 48.0 Å². The molecule has 0 amide bonds. The predicted molar refractivity (Wildman–Crippen MR) is 219 cm³/mol. The monoisotopic (exact) mass is 932 g/mol. The maximum Gasteiger partial charge on any atom is 0.330 e. The van der Waals surface area contributed by atoms with Gasteiger partial charge in [0.25, 0.3) is 0 Å². The van der Waals surface area contributed by atoms with Crippen LogP contribution in [0.5, 0.6) is 28.7 Å². The topological polar surface area (TPSA) is 375 Å². The maximum atomic E-state index is 13.7. The Morgan fingerprint density at radius 3 is 1.98 bits per heavy atom. The van der Waals surface area contributed by atoms with Crippen molar-refractivity contribution in [1.82, 2.24) is 0 Å². The van der Waals surface area contributed by atoms with Crippen molar-refractivity contribution in [1.29, 1.82) is 0 Å². The molecule has 358 valence electrons. The molecule has 3 fully saturated rings. The number of ether oxygens (including phenoxy) is 7. The van der Waals surface area contributed by atoms with E-state index in [4.69, 9.17) is 37.6 Å². The molecule has 1 aromatic heterocycles. The summed E-state index contributed by atoms with van der Waals surface area (Å²) in [5, 5.41) is 137. The third kappa shape index (κ3) is 9.67. The highest BCUT2D eigenvalue weighted by molar-refractivity contribution is 5.88. The molecule has 0 bridgehead atoms. The summed E-state index contributed by atoms with van der Waals surface area (Å²) in [5.41, 5.74) is -1.12. The van der Waals surface area contributed by atoms with E-state index in [0.717, 1.165) is 18.2 Å². The Kier molecular flexibility index (Phi) is 14.8. The summed E-state index contributed by atoms with van der Waals surface area (Å²) in [4.78, 5) is 26.2. The molecule has 4 heterocycles. The number of aromatic hydroxyl groups is 3. The van der Waals surface area contributed by atoms with Crippen LogP contribution in [0, 0.1) is 0 Å². The van der Waals surface area contributed by atoms with Gasteiger partial charge in [-0.2, -0.15) is 0 Å². The SMILES string of the molecule is COc1cc(/C=C/C(=O)OCC2OC(OC3C(c4c(O)cc5oc(-c6ccc(OC7OC(CO)C(O)C(O)C7O)cc6)cc(=O)c5c4O)OC(CO)C(O)C3O)C(O)C(O)C2O)ccc1O.